The highest BCUT2D eigenvalue weighted by Crippen LogP contribution is 2.18. The molecule has 0 spiro atoms. The number of hydrogen-bond acceptors (Lipinski definition) is 4. The number of imidazole rings is 1. The molecule has 0 aliphatic carbocycles. The fourth-order valence-corrected chi connectivity index (χ4v) is 2.79. The molecule has 1 aliphatic heterocycles. The molecule has 1 aliphatic rings. The van der Waals surface area contributed by atoms with Gasteiger partial charge in [-0.25, -0.2) is 9.78 Å². The Hall–Kier alpha value is -2.38. The van der Waals surface area contributed by atoms with Crippen LogP contribution in [0, 0.1) is 0 Å². The highest BCUT2D eigenvalue weighted by atomic mass is 16.5. The van der Waals surface area contributed by atoms with E-state index in [2.05, 4.69) is 25.5 Å². The summed E-state index contributed by atoms with van der Waals surface area (Å²) in [7, 11) is 0. The predicted molar refractivity (Wildman–Crippen MR) is 96.2 cm³/mol. The first-order valence-electron chi connectivity index (χ1n) is 8.67. The number of aromatic amines is 1. The van der Waals surface area contributed by atoms with Gasteiger partial charge in [0, 0.05) is 26.2 Å². The maximum atomic E-state index is 12.0. The molecular formula is C18H25N5O2. The molecule has 2 heterocycles. The lowest BCUT2D eigenvalue weighted by Crippen LogP contribution is -2.44. The molecule has 0 radical (unpaired) electrons. The molecule has 7 heteroatoms. The van der Waals surface area contributed by atoms with Gasteiger partial charge in [-0.1, -0.05) is 30.3 Å². The standard InChI is InChI=1S/C18H25N5O2/c1-14(17-20-13-16(22-17)15-5-3-2-4-6-15)21-18(24)19-7-8-23-9-11-25-12-10-23/h2-6,13-14H,7-12H2,1H3,(H,20,22)(H2,19,21,24)/t14-/m1/s1. The van der Waals surface area contributed by atoms with Crippen molar-refractivity contribution >= 4 is 6.03 Å². The second kappa shape index (κ2) is 8.64. The van der Waals surface area contributed by atoms with Gasteiger partial charge in [-0.15, -0.1) is 0 Å². The van der Waals surface area contributed by atoms with Crippen molar-refractivity contribution in [3.63, 3.8) is 0 Å². The average Bonchev–Trinajstić information content (AvgIpc) is 3.14. The van der Waals surface area contributed by atoms with Gasteiger partial charge in [-0.2, -0.15) is 0 Å². The zero-order valence-electron chi connectivity index (χ0n) is 14.5. The van der Waals surface area contributed by atoms with Gasteiger partial charge in [0.25, 0.3) is 0 Å². The van der Waals surface area contributed by atoms with Crippen LogP contribution < -0.4 is 10.6 Å². The van der Waals surface area contributed by atoms with E-state index >= 15 is 0 Å². The molecular weight excluding hydrogens is 318 g/mol. The Balaban J connectivity index is 1.44. The third-order valence-electron chi connectivity index (χ3n) is 4.26. The van der Waals surface area contributed by atoms with Crippen LogP contribution in [0.3, 0.4) is 0 Å². The molecule has 0 saturated carbocycles. The Bertz CT molecular complexity index is 667. The molecule has 1 aromatic carbocycles. The molecule has 1 atom stereocenters. The summed E-state index contributed by atoms with van der Waals surface area (Å²) in [6.45, 7) is 6.75. The number of carbonyl (C=O) groups is 1. The lowest BCUT2D eigenvalue weighted by molar-refractivity contribution is 0.0387. The summed E-state index contributed by atoms with van der Waals surface area (Å²) in [4.78, 5) is 22.0. The van der Waals surface area contributed by atoms with E-state index in [4.69, 9.17) is 4.74 Å². The number of benzene rings is 1. The van der Waals surface area contributed by atoms with Crippen molar-refractivity contribution in [2.24, 2.45) is 0 Å². The van der Waals surface area contributed by atoms with E-state index in [0.29, 0.717) is 6.54 Å². The van der Waals surface area contributed by atoms with Gasteiger partial charge in [0.05, 0.1) is 31.1 Å². The fourth-order valence-electron chi connectivity index (χ4n) is 2.79. The number of H-pyrrole nitrogens is 1. The topological polar surface area (TPSA) is 82.3 Å². The number of ether oxygens (including phenoxy) is 1. The molecule has 0 bridgehead atoms. The minimum atomic E-state index is -0.194. The van der Waals surface area contributed by atoms with Crippen LogP contribution >= 0.6 is 0 Å². The first-order chi connectivity index (χ1) is 12.2. The third kappa shape index (κ3) is 5.04. The van der Waals surface area contributed by atoms with Crippen molar-refractivity contribution < 1.29 is 9.53 Å². The van der Waals surface area contributed by atoms with E-state index in [1.54, 1.807) is 6.20 Å². The Morgan fingerprint density at radius 1 is 1.32 bits per heavy atom. The van der Waals surface area contributed by atoms with Crippen LogP contribution in [0.1, 0.15) is 18.8 Å². The zero-order chi connectivity index (χ0) is 17.5. The van der Waals surface area contributed by atoms with E-state index < -0.39 is 0 Å². The summed E-state index contributed by atoms with van der Waals surface area (Å²) < 4.78 is 5.31. The predicted octanol–water partition coefficient (Wildman–Crippen LogP) is 1.77. The molecule has 3 N–H and O–H groups in total. The number of hydrogen-bond donors (Lipinski definition) is 3. The van der Waals surface area contributed by atoms with Gasteiger partial charge in [-0.05, 0) is 12.5 Å². The number of urea groups is 1. The third-order valence-corrected chi connectivity index (χ3v) is 4.26. The number of morpholine rings is 1. The van der Waals surface area contributed by atoms with Crippen LogP contribution in [0.5, 0.6) is 0 Å². The van der Waals surface area contributed by atoms with E-state index in [1.165, 1.54) is 0 Å². The zero-order valence-corrected chi connectivity index (χ0v) is 14.5. The smallest absolute Gasteiger partial charge is 0.315 e. The molecule has 2 aromatic rings. The SMILES string of the molecule is C[C@@H](NC(=O)NCCN1CCOCC1)c1ncc(-c2ccccc2)[nH]1. The van der Waals surface area contributed by atoms with Crippen molar-refractivity contribution in [2.75, 3.05) is 39.4 Å². The Morgan fingerprint density at radius 3 is 2.84 bits per heavy atom. The van der Waals surface area contributed by atoms with Crippen LogP contribution in [-0.2, 0) is 4.74 Å². The normalized spacial score (nSPS) is 16.4. The number of aromatic nitrogens is 2. The van der Waals surface area contributed by atoms with Crippen molar-refractivity contribution in [1.29, 1.82) is 0 Å². The van der Waals surface area contributed by atoms with Crippen molar-refractivity contribution in [2.45, 2.75) is 13.0 Å². The second-order valence-corrected chi connectivity index (χ2v) is 6.12. The molecule has 134 valence electrons. The molecule has 7 nitrogen and oxygen atoms in total. The summed E-state index contributed by atoms with van der Waals surface area (Å²) in [6, 6.07) is 9.62. The number of nitrogens with zero attached hydrogens (tertiary/aromatic N) is 2. The van der Waals surface area contributed by atoms with Gasteiger partial charge < -0.3 is 20.4 Å². The summed E-state index contributed by atoms with van der Waals surface area (Å²) in [5.74, 6) is 0.738. The summed E-state index contributed by atoms with van der Waals surface area (Å²) in [5.41, 5.74) is 2.01. The summed E-state index contributed by atoms with van der Waals surface area (Å²) in [5, 5.41) is 5.81. The van der Waals surface area contributed by atoms with Gasteiger partial charge in [0.15, 0.2) is 0 Å². The van der Waals surface area contributed by atoms with Crippen molar-refractivity contribution in [3.8, 4) is 11.3 Å². The quantitative estimate of drug-likeness (QED) is 0.746. The van der Waals surface area contributed by atoms with Crippen LogP contribution in [0.2, 0.25) is 0 Å². The maximum absolute atomic E-state index is 12.0. The number of carbonyl (C=O) groups excluding carboxylic acids is 1. The minimum absolute atomic E-state index is 0.182. The van der Waals surface area contributed by atoms with Crippen LogP contribution in [0.4, 0.5) is 4.79 Å². The summed E-state index contributed by atoms with van der Waals surface area (Å²) >= 11 is 0. The van der Waals surface area contributed by atoms with E-state index in [1.807, 2.05) is 37.3 Å². The molecule has 1 saturated heterocycles. The van der Waals surface area contributed by atoms with Gasteiger partial charge in [-0.3, -0.25) is 4.90 Å². The number of nitrogens with one attached hydrogen (secondary N) is 3. The van der Waals surface area contributed by atoms with E-state index in [-0.39, 0.29) is 12.1 Å². The Labute approximate surface area is 147 Å². The second-order valence-electron chi connectivity index (χ2n) is 6.12. The van der Waals surface area contributed by atoms with Crippen molar-refractivity contribution in [3.05, 3.63) is 42.4 Å². The average molecular weight is 343 g/mol. The maximum Gasteiger partial charge on any atom is 0.315 e. The first-order valence-corrected chi connectivity index (χ1v) is 8.67. The van der Waals surface area contributed by atoms with Crippen molar-refractivity contribution in [1.82, 2.24) is 25.5 Å². The lowest BCUT2D eigenvalue weighted by atomic mass is 10.2. The minimum Gasteiger partial charge on any atom is -0.379 e. The lowest BCUT2D eigenvalue weighted by Gasteiger charge is -2.26. The molecule has 3 rings (SSSR count). The first kappa shape index (κ1) is 17.4. The molecule has 1 fully saturated rings. The summed E-state index contributed by atoms with van der Waals surface area (Å²) in [6.07, 6.45) is 1.79. The number of rotatable bonds is 6. The molecule has 25 heavy (non-hydrogen) atoms. The largest absolute Gasteiger partial charge is 0.379 e. The molecule has 1 aromatic heterocycles. The fraction of sp³-hybridized carbons (Fsp3) is 0.444. The Kier molecular flexibility index (Phi) is 6.03. The van der Waals surface area contributed by atoms with E-state index in [0.717, 1.165) is 49.9 Å². The van der Waals surface area contributed by atoms with Crippen LogP contribution in [0.15, 0.2) is 36.5 Å². The van der Waals surface area contributed by atoms with Crippen LogP contribution in [-0.4, -0.2) is 60.3 Å². The number of amides is 2. The monoisotopic (exact) mass is 343 g/mol. The highest BCUT2D eigenvalue weighted by molar-refractivity contribution is 5.74. The van der Waals surface area contributed by atoms with Gasteiger partial charge >= 0.3 is 6.03 Å². The van der Waals surface area contributed by atoms with Gasteiger partial charge in [0.2, 0.25) is 0 Å². The highest BCUT2D eigenvalue weighted by Gasteiger charge is 2.14. The van der Waals surface area contributed by atoms with Crippen LogP contribution in [0.25, 0.3) is 11.3 Å². The molecule has 2 amide bonds. The van der Waals surface area contributed by atoms with E-state index in [9.17, 15) is 4.79 Å². The van der Waals surface area contributed by atoms with Gasteiger partial charge in [0.1, 0.15) is 5.82 Å². The Morgan fingerprint density at radius 2 is 2.08 bits per heavy atom. The molecule has 0 unspecified atom stereocenters.